The molecule has 84 valence electrons. The number of hydrogen-bond acceptors (Lipinski definition) is 3. The van der Waals surface area contributed by atoms with E-state index in [-0.39, 0.29) is 12.2 Å². The summed E-state index contributed by atoms with van der Waals surface area (Å²) < 4.78 is 5.13. The van der Waals surface area contributed by atoms with Crippen LogP contribution in [-0.2, 0) is 4.74 Å². The first-order valence-corrected chi connectivity index (χ1v) is 5.14. The molecule has 0 saturated carbocycles. The van der Waals surface area contributed by atoms with Crippen LogP contribution in [0.4, 0.5) is 4.79 Å². The van der Waals surface area contributed by atoms with Crippen molar-refractivity contribution in [1.29, 1.82) is 0 Å². The molecule has 4 nitrogen and oxygen atoms in total. The zero-order valence-corrected chi connectivity index (χ0v) is 9.49. The fourth-order valence-electron chi connectivity index (χ4n) is 1.26. The minimum atomic E-state index is -0.436. The molecule has 0 aliphatic rings. The van der Waals surface area contributed by atoms with Crippen LogP contribution in [0, 0.1) is 0 Å². The summed E-state index contributed by atoms with van der Waals surface area (Å²) in [4.78, 5) is 13.0. The molecule has 0 aliphatic heterocycles. The monoisotopic (exact) mass is 203 g/mol. The fraction of sp³-hybridized carbons (Fsp3) is 0.900. The van der Waals surface area contributed by atoms with Crippen molar-refractivity contribution >= 4 is 6.09 Å². The topological polar surface area (TPSA) is 49.8 Å². The van der Waals surface area contributed by atoms with Gasteiger partial charge in [-0.1, -0.05) is 0 Å². The van der Waals surface area contributed by atoms with E-state index in [0.29, 0.717) is 19.5 Å². The molecule has 0 saturated heterocycles. The normalized spacial score (nSPS) is 14.6. The molecule has 0 bridgehead atoms. The second-order valence-electron chi connectivity index (χ2n) is 3.45. The lowest BCUT2D eigenvalue weighted by Crippen LogP contribution is -2.34. The molecule has 0 spiro atoms. The van der Waals surface area contributed by atoms with Crippen LogP contribution >= 0.6 is 0 Å². The molecule has 14 heavy (non-hydrogen) atoms. The number of nitrogens with zero attached hydrogens (tertiary/aromatic N) is 1. The van der Waals surface area contributed by atoms with Gasteiger partial charge in [0.2, 0.25) is 0 Å². The summed E-state index contributed by atoms with van der Waals surface area (Å²) in [5.41, 5.74) is 0. The molecule has 0 aromatic carbocycles. The maximum absolute atomic E-state index is 11.4. The van der Waals surface area contributed by atoms with Crippen molar-refractivity contribution in [3.05, 3.63) is 0 Å². The van der Waals surface area contributed by atoms with Crippen molar-refractivity contribution in [2.24, 2.45) is 0 Å². The highest BCUT2D eigenvalue weighted by atomic mass is 16.6. The summed E-state index contributed by atoms with van der Waals surface area (Å²) in [6, 6.07) is 0. The Morgan fingerprint density at radius 2 is 1.86 bits per heavy atom. The van der Waals surface area contributed by atoms with E-state index < -0.39 is 6.10 Å². The minimum Gasteiger partial charge on any atom is -0.446 e. The Kier molecular flexibility index (Phi) is 6.28. The van der Waals surface area contributed by atoms with E-state index in [0.717, 1.165) is 0 Å². The highest BCUT2D eigenvalue weighted by molar-refractivity contribution is 5.67. The van der Waals surface area contributed by atoms with Crippen LogP contribution in [0.15, 0.2) is 0 Å². The Morgan fingerprint density at radius 1 is 1.36 bits per heavy atom. The van der Waals surface area contributed by atoms with Gasteiger partial charge in [-0.05, 0) is 27.7 Å². The molecule has 0 heterocycles. The number of aliphatic hydroxyl groups is 1. The van der Waals surface area contributed by atoms with Crippen LogP contribution < -0.4 is 0 Å². The SMILES string of the molecule is CCN(CC)C(=O)OC(C)CC(C)O. The summed E-state index contributed by atoms with van der Waals surface area (Å²) in [7, 11) is 0. The van der Waals surface area contributed by atoms with Gasteiger partial charge in [-0.3, -0.25) is 0 Å². The predicted molar refractivity (Wildman–Crippen MR) is 55.2 cm³/mol. The van der Waals surface area contributed by atoms with Gasteiger partial charge in [0.05, 0.1) is 6.10 Å². The van der Waals surface area contributed by atoms with E-state index >= 15 is 0 Å². The van der Waals surface area contributed by atoms with Gasteiger partial charge < -0.3 is 14.7 Å². The fourth-order valence-corrected chi connectivity index (χ4v) is 1.26. The van der Waals surface area contributed by atoms with Crippen molar-refractivity contribution in [1.82, 2.24) is 4.90 Å². The van der Waals surface area contributed by atoms with Crippen molar-refractivity contribution in [3.8, 4) is 0 Å². The largest absolute Gasteiger partial charge is 0.446 e. The zero-order valence-electron chi connectivity index (χ0n) is 9.49. The van der Waals surface area contributed by atoms with Gasteiger partial charge in [0.1, 0.15) is 6.10 Å². The predicted octanol–water partition coefficient (Wildman–Crippen LogP) is 1.62. The third-order valence-electron chi connectivity index (χ3n) is 2.00. The van der Waals surface area contributed by atoms with E-state index in [1.165, 1.54) is 0 Å². The standard InChI is InChI=1S/C10H21NO3/c1-5-11(6-2)10(13)14-9(4)7-8(3)12/h8-9,12H,5-7H2,1-4H3. The molecule has 2 atom stereocenters. The van der Waals surface area contributed by atoms with Crippen molar-refractivity contribution in [2.45, 2.75) is 46.3 Å². The molecule has 0 aromatic rings. The van der Waals surface area contributed by atoms with Crippen molar-refractivity contribution in [3.63, 3.8) is 0 Å². The van der Waals surface area contributed by atoms with E-state index in [4.69, 9.17) is 9.84 Å². The first-order chi connectivity index (χ1) is 6.51. The summed E-state index contributed by atoms with van der Waals surface area (Å²) in [6.45, 7) is 8.58. The Balaban J connectivity index is 3.91. The van der Waals surface area contributed by atoms with Crippen LogP contribution in [-0.4, -0.2) is 41.4 Å². The number of carbonyl (C=O) groups excluding carboxylic acids is 1. The van der Waals surface area contributed by atoms with Gasteiger partial charge in [-0.15, -0.1) is 0 Å². The number of hydrogen-bond donors (Lipinski definition) is 1. The van der Waals surface area contributed by atoms with Crippen LogP contribution in [0.2, 0.25) is 0 Å². The molecule has 4 heteroatoms. The van der Waals surface area contributed by atoms with Crippen LogP contribution in [0.1, 0.15) is 34.1 Å². The zero-order chi connectivity index (χ0) is 11.1. The van der Waals surface area contributed by atoms with E-state index in [1.807, 2.05) is 13.8 Å². The Labute approximate surface area is 85.9 Å². The molecular formula is C10H21NO3. The Bertz CT molecular complexity index is 167. The summed E-state index contributed by atoms with van der Waals surface area (Å²) in [5, 5.41) is 9.08. The number of ether oxygens (including phenoxy) is 1. The lowest BCUT2D eigenvalue weighted by atomic mass is 10.2. The molecule has 0 radical (unpaired) electrons. The van der Waals surface area contributed by atoms with Crippen LogP contribution in [0.3, 0.4) is 0 Å². The van der Waals surface area contributed by atoms with E-state index in [2.05, 4.69) is 0 Å². The second-order valence-corrected chi connectivity index (χ2v) is 3.45. The van der Waals surface area contributed by atoms with Gasteiger partial charge in [0.25, 0.3) is 0 Å². The summed E-state index contributed by atoms with van der Waals surface area (Å²) in [6.07, 6.45) is -0.492. The molecule has 1 N–H and O–H groups in total. The van der Waals surface area contributed by atoms with Crippen molar-refractivity contribution < 1.29 is 14.6 Å². The van der Waals surface area contributed by atoms with E-state index in [9.17, 15) is 4.79 Å². The van der Waals surface area contributed by atoms with Crippen LogP contribution in [0.5, 0.6) is 0 Å². The Hall–Kier alpha value is -0.770. The molecule has 0 rings (SSSR count). The highest BCUT2D eigenvalue weighted by Crippen LogP contribution is 2.04. The molecule has 0 aromatic heterocycles. The summed E-state index contributed by atoms with van der Waals surface area (Å²) >= 11 is 0. The third-order valence-corrected chi connectivity index (χ3v) is 2.00. The number of aliphatic hydroxyl groups excluding tert-OH is 1. The van der Waals surface area contributed by atoms with Gasteiger partial charge in [0.15, 0.2) is 0 Å². The number of carbonyl (C=O) groups is 1. The van der Waals surface area contributed by atoms with Gasteiger partial charge in [-0.2, -0.15) is 0 Å². The van der Waals surface area contributed by atoms with Crippen LogP contribution in [0.25, 0.3) is 0 Å². The molecular weight excluding hydrogens is 182 g/mol. The maximum atomic E-state index is 11.4. The van der Waals surface area contributed by atoms with Gasteiger partial charge in [-0.25, -0.2) is 4.79 Å². The Morgan fingerprint density at radius 3 is 2.21 bits per heavy atom. The summed E-state index contributed by atoms with van der Waals surface area (Å²) in [5.74, 6) is 0. The molecule has 0 aliphatic carbocycles. The smallest absolute Gasteiger partial charge is 0.410 e. The molecule has 2 unspecified atom stereocenters. The van der Waals surface area contributed by atoms with Gasteiger partial charge in [0, 0.05) is 19.5 Å². The minimum absolute atomic E-state index is 0.233. The third kappa shape index (κ3) is 5.07. The number of rotatable bonds is 5. The lowest BCUT2D eigenvalue weighted by molar-refractivity contribution is 0.0467. The number of amides is 1. The van der Waals surface area contributed by atoms with E-state index in [1.54, 1.807) is 18.7 Å². The first kappa shape index (κ1) is 13.2. The molecule has 0 fully saturated rings. The average Bonchev–Trinajstić information content (AvgIpc) is 2.04. The highest BCUT2D eigenvalue weighted by Gasteiger charge is 2.15. The lowest BCUT2D eigenvalue weighted by Gasteiger charge is -2.22. The maximum Gasteiger partial charge on any atom is 0.410 e. The van der Waals surface area contributed by atoms with Gasteiger partial charge >= 0.3 is 6.09 Å². The second kappa shape index (κ2) is 6.65. The quantitative estimate of drug-likeness (QED) is 0.738. The average molecular weight is 203 g/mol. The first-order valence-electron chi connectivity index (χ1n) is 5.14. The van der Waals surface area contributed by atoms with Crippen molar-refractivity contribution in [2.75, 3.05) is 13.1 Å². The molecule has 1 amide bonds.